The minimum atomic E-state index is 0.740. The van der Waals surface area contributed by atoms with Crippen molar-refractivity contribution in [3.05, 3.63) is 35.4 Å². The van der Waals surface area contributed by atoms with Crippen LogP contribution >= 0.6 is 0 Å². The van der Waals surface area contributed by atoms with Gasteiger partial charge in [-0.1, -0.05) is 37.6 Å². The standard InChI is InChI=1S/C15H24N2/c1-2-3-15-11-17(12-15)10-14-6-4-13(5-7-14)8-9-16/h4-7,15H,2-3,8-12,16H2,1H3. The Morgan fingerprint density at radius 2 is 1.82 bits per heavy atom. The van der Waals surface area contributed by atoms with E-state index >= 15 is 0 Å². The van der Waals surface area contributed by atoms with Gasteiger partial charge in [0.15, 0.2) is 0 Å². The molecule has 0 aliphatic carbocycles. The SMILES string of the molecule is CCCC1CN(Cc2ccc(CCN)cc2)C1. The number of benzene rings is 1. The van der Waals surface area contributed by atoms with Crippen LogP contribution in [0.15, 0.2) is 24.3 Å². The van der Waals surface area contributed by atoms with Gasteiger partial charge in [0, 0.05) is 19.6 Å². The largest absolute Gasteiger partial charge is 0.330 e. The lowest BCUT2D eigenvalue weighted by molar-refractivity contribution is 0.0860. The summed E-state index contributed by atoms with van der Waals surface area (Å²) in [6.07, 6.45) is 3.71. The van der Waals surface area contributed by atoms with Crippen molar-refractivity contribution in [2.45, 2.75) is 32.7 Å². The number of nitrogens with two attached hydrogens (primary N) is 1. The summed E-state index contributed by atoms with van der Waals surface area (Å²) < 4.78 is 0. The third-order valence-electron chi connectivity index (χ3n) is 3.59. The average molecular weight is 232 g/mol. The molecule has 1 aromatic carbocycles. The zero-order valence-corrected chi connectivity index (χ0v) is 10.9. The molecule has 94 valence electrons. The maximum atomic E-state index is 5.55. The fraction of sp³-hybridized carbons (Fsp3) is 0.600. The molecule has 2 heteroatoms. The molecule has 2 nitrogen and oxygen atoms in total. The van der Waals surface area contributed by atoms with Gasteiger partial charge in [-0.15, -0.1) is 0 Å². The first kappa shape index (κ1) is 12.6. The van der Waals surface area contributed by atoms with E-state index in [2.05, 4.69) is 36.1 Å². The summed E-state index contributed by atoms with van der Waals surface area (Å²) in [6.45, 7) is 6.71. The second kappa shape index (κ2) is 6.18. The highest BCUT2D eigenvalue weighted by molar-refractivity contribution is 5.23. The van der Waals surface area contributed by atoms with Crippen LogP contribution in [0.25, 0.3) is 0 Å². The van der Waals surface area contributed by atoms with Gasteiger partial charge in [-0.2, -0.15) is 0 Å². The van der Waals surface area contributed by atoms with Crippen molar-refractivity contribution in [2.75, 3.05) is 19.6 Å². The van der Waals surface area contributed by atoms with Crippen molar-refractivity contribution in [1.29, 1.82) is 0 Å². The molecular weight excluding hydrogens is 208 g/mol. The van der Waals surface area contributed by atoms with Gasteiger partial charge < -0.3 is 5.73 Å². The number of hydrogen-bond donors (Lipinski definition) is 1. The number of rotatable bonds is 6. The first-order chi connectivity index (χ1) is 8.31. The quantitative estimate of drug-likeness (QED) is 0.816. The lowest BCUT2D eigenvalue weighted by atomic mass is 9.94. The van der Waals surface area contributed by atoms with Crippen LogP contribution in [0, 0.1) is 5.92 Å². The summed E-state index contributed by atoms with van der Waals surface area (Å²) in [5.74, 6) is 0.955. The molecule has 1 aliphatic heterocycles. The Bertz CT molecular complexity index is 325. The number of likely N-dealkylation sites (tertiary alicyclic amines) is 1. The summed E-state index contributed by atoms with van der Waals surface area (Å²) in [7, 11) is 0. The lowest BCUT2D eigenvalue weighted by Crippen LogP contribution is -2.45. The van der Waals surface area contributed by atoms with Crippen LogP contribution in [-0.4, -0.2) is 24.5 Å². The highest BCUT2D eigenvalue weighted by atomic mass is 15.2. The van der Waals surface area contributed by atoms with E-state index in [4.69, 9.17) is 5.73 Å². The third-order valence-corrected chi connectivity index (χ3v) is 3.59. The van der Waals surface area contributed by atoms with Gasteiger partial charge in [0.25, 0.3) is 0 Å². The molecular formula is C15H24N2. The Hall–Kier alpha value is -0.860. The number of hydrogen-bond acceptors (Lipinski definition) is 2. The van der Waals surface area contributed by atoms with E-state index in [9.17, 15) is 0 Å². The van der Waals surface area contributed by atoms with Gasteiger partial charge in [0.2, 0.25) is 0 Å². The van der Waals surface area contributed by atoms with Gasteiger partial charge in [0.1, 0.15) is 0 Å². The summed E-state index contributed by atoms with van der Waals surface area (Å²) in [5, 5.41) is 0. The molecule has 0 saturated carbocycles. The second-order valence-electron chi connectivity index (χ2n) is 5.20. The van der Waals surface area contributed by atoms with E-state index in [1.54, 1.807) is 0 Å². The highest BCUT2D eigenvalue weighted by Gasteiger charge is 2.25. The van der Waals surface area contributed by atoms with Gasteiger partial charge in [-0.25, -0.2) is 0 Å². The summed E-state index contributed by atoms with van der Waals surface area (Å²) >= 11 is 0. The summed E-state index contributed by atoms with van der Waals surface area (Å²) in [5.41, 5.74) is 8.33. The van der Waals surface area contributed by atoms with E-state index < -0.39 is 0 Å². The van der Waals surface area contributed by atoms with Gasteiger partial charge in [0.05, 0.1) is 0 Å². The Morgan fingerprint density at radius 3 is 2.41 bits per heavy atom. The Labute approximate surface area is 105 Å². The van der Waals surface area contributed by atoms with E-state index in [0.29, 0.717) is 0 Å². The molecule has 0 amide bonds. The monoisotopic (exact) mass is 232 g/mol. The lowest BCUT2D eigenvalue weighted by Gasteiger charge is -2.39. The van der Waals surface area contributed by atoms with Crippen LogP contribution in [0.5, 0.6) is 0 Å². The van der Waals surface area contributed by atoms with Crippen LogP contribution in [0.2, 0.25) is 0 Å². The van der Waals surface area contributed by atoms with Crippen molar-refractivity contribution >= 4 is 0 Å². The molecule has 0 aromatic heterocycles. The molecule has 1 aromatic rings. The van der Waals surface area contributed by atoms with Gasteiger partial charge in [-0.3, -0.25) is 4.90 Å². The fourth-order valence-electron chi connectivity index (χ4n) is 2.63. The minimum Gasteiger partial charge on any atom is -0.330 e. The zero-order valence-electron chi connectivity index (χ0n) is 10.9. The molecule has 1 fully saturated rings. The van der Waals surface area contributed by atoms with E-state index in [0.717, 1.165) is 25.4 Å². The topological polar surface area (TPSA) is 29.3 Å². The van der Waals surface area contributed by atoms with Crippen LogP contribution in [0.4, 0.5) is 0 Å². The van der Waals surface area contributed by atoms with Crippen molar-refractivity contribution in [2.24, 2.45) is 11.7 Å². The van der Waals surface area contributed by atoms with Crippen molar-refractivity contribution in [1.82, 2.24) is 4.90 Å². The van der Waals surface area contributed by atoms with Crippen LogP contribution in [0.3, 0.4) is 0 Å². The zero-order chi connectivity index (χ0) is 12.1. The predicted octanol–water partition coefficient (Wildman–Crippen LogP) is 2.42. The first-order valence-electron chi connectivity index (χ1n) is 6.82. The molecule has 0 bridgehead atoms. The molecule has 1 saturated heterocycles. The molecule has 0 radical (unpaired) electrons. The molecule has 2 N–H and O–H groups in total. The average Bonchev–Trinajstić information content (AvgIpc) is 2.29. The third kappa shape index (κ3) is 3.55. The van der Waals surface area contributed by atoms with Crippen LogP contribution in [0.1, 0.15) is 30.9 Å². The van der Waals surface area contributed by atoms with E-state index in [-0.39, 0.29) is 0 Å². The minimum absolute atomic E-state index is 0.740. The van der Waals surface area contributed by atoms with E-state index in [1.165, 1.54) is 37.1 Å². The highest BCUT2D eigenvalue weighted by Crippen LogP contribution is 2.22. The molecule has 0 unspecified atom stereocenters. The molecule has 0 spiro atoms. The molecule has 17 heavy (non-hydrogen) atoms. The smallest absolute Gasteiger partial charge is 0.0233 e. The van der Waals surface area contributed by atoms with Crippen LogP contribution < -0.4 is 5.73 Å². The molecule has 1 heterocycles. The van der Waals surface area contributed by atoms with Crippen molar-refractivity contribution in [3.8, 4) is 0 Å². The Balaban J connectivity index is 1.76. The second-order valence-corrected chi connectivity index (χ2v) is 5.20. The number of nitrogens with zero attached hydrogens (tertiary/aromatic N) is 1. The first-order valence-corrected chi connectivity index (χ1v) is 6.82. The fourth-order valence-corrected chi connectivity index (χ4v) is 2.63. The van der Waals surface area contributed by atoms with Gasteiger partial charge >= 0.3 is 0 Å². The van der Waals surface area contributed by atoms with Crippen molar-refractivity contribution in [3.63, 3.8) is 0 Å². The van der Waals surface area contributed by atoms with E-state index in [1.807, 2.05) is 0 Å². The maximum absolute atomic E-state index is 5.55. The van der Waals surface area contributed by atoms with Gasteiger partial charge in [-0.05, 0) is 36.4 Å². The summed E-state index contributed by atoms with van der Waals surface area (Å²) in [4.78, 5) is 2.54. The Morgan fingerprint density at radius 1 is 1.18 bits per heavy atom. The molecule has 1 aliphatic rings. The predicted molar refractivity (Wildman–Crippen MR) is 72.9 cm³/mol. The Kier molecular flexibility index (Phi) is 4.57. The van der Waals surface area contributed by atoms with Crippen molar-refractivity contribution < 1.29 is 0 Å². The summed E-state index contributed by atoms with van der Waals surface area (Å²) in [6, 6.07) is 8.92. The maximum Gasteiger partial charge on any atom is 0.0233 e. The molecule has 0 atom stereocenters. The normalized spacial score (nSPS) is 17.1. The molecule has 2 rings (SSSR count). The van der Waals surface area contributed by atoms with Crippen LogP contribution in [-0.2, 0) is 13.0 Å².